The Labute approximate surface area is 137 Å². The quantitative estimate of drug-likeness (QED) is 0.941. The number of anilines is 1. The van der Waals surface area contributed by atoms with E-state index < -0.39 is 0 Å². The average Bonchev–Trinajstić information content (AvgIpc) is 2.63. The number of rotatable bonds is 4. The lowest BCUT2D eigenvalue weighted by molar-refractivity contribution is 0.0718. The fraction of sp³-hybridized carbons (Fsp3) is 0.316. The molecule has 0 saturated carbocycles. The lowest BCUT2D eigenvalue weighted by Crippen LogP contribution is -2.42. The van der Waals surface area contributed by atoms with Crippen molar-refractivity contribution in [3.05, 3.63) is 60.2 Å². The van der Waals surface area contributed by atoms with Gasteiger partial charge in [-0.2, -0.15) is 0 Å². The number of piperidine rings is 1. The van der Waals surface area contributed by atoms with Crippen LogP contribution < -0.4 is 10.1 Å². The highest BCUT2D eigenvalue weighted by Gasteiger charge is 2.23. The Kier molecular flexibility index (Phi) is 4.81. The van der Waals surface area contributed by atoms with Crippen LogP contribution in [0.25, 0.3) is 0 Å². The monoisotopic (exact) mass is 310 g/mol. The smallest absolute Gasteiger partial charge is 0.253 e. The Balaban J connectivity index is 1.54. The number of hydrogen-bond donors (Lipinski definition) is 1. The highest BCUT2D eigenvalue weighted by Crippen LogP contribution is 2.19. The minimum Gasteiger partial charge on any atom is -0.497 e. The van der Waals surface area contributed by atoms with Crippen molar-refractivity contribution in [2.24, 2.45) is 0 Å². The van der Waals surface area contributed by atoms with Gasteiger partial charge >= 0.3 is 0 Å². The number of ether oxygens (including phenoxy) is 1. The lowest BCUT2D eigenvalue weighted by Gasteiger charge is -2.33. The van der Waals surface area contributed by atoms with Crippen molar-refractivity contribution in [2.75, 3.05) is 25.5 Å². The molecular weight excluding hydrogens is 288 g/mol. The molecule has 1 heterocycles. The summed E-state index contributed by atoms with van der Waals surface area (Å²) < 4.78 is 5.13. The molecule has 1 aliphatic rings. The van der Waals surface area contributed by atoms with Crippen LogP contribution in [0.3, 0.4) is 0 Å². The van der Waals surface area contributed by atoms with Gasteiger partial charge < -0.3 is 15.0 Å². The van der Waals surface area contributed by atoms with Crippen molar-refractivity contribution in [3.63, 3.8) is 0 Å². The normalized spacial score (nSPS) is 15.3. The van der Waals surface area contributed by atoms with Crippen LogP contribution in [0.4, 0.5) is 5.69 Å². The first-order valence-corrected chi connectivity index (χ1v) is 8.01. The highest BCUT2D eigenvalue weighted by atomic mass is 16.5. The molecule has 4 nitrogen and oxygen atoms in total. The van der Waals surface area contributed by atoms with E-state index in [0.29, 0.717) is 6.04 Å². The van der Waals surface area contributed by atoms with Crippen molar-refractivity contribution in [2.45, 2.75) is 18.9 Å². The molecule has 0 spiro atoms. The molecule has 2 aromatic rings. The molecule has 0 radical (unpaired) electrons. The van der Waals surface area contributed by atoms with E-state index in [9.17, 15) is 4.79 Å². The molecule has 2 aromatic carbocycles. The van der Waals surface area contributed by atoms with Gasteiger partial charge in [0.25, 0.3) is 5.91 Å². The summed E-state index contributed by atoms with van der Waals surface area (Å²) in [5.41, 5.74) is 1.87. The summed E-state index contributed by atoms with van der Waals surface area (Å²) >= 11 is 0. The third kappa shape index (κ3) is 3.83. The zero-order valence-electron chi connectivity index (χ0n) is 13.4. The maximum Gasteiger partial charge on any atom is 0.253 e. The molecule has 1 N–H and O–H groups in total. The van der Waals surface area contributed by atoms with E-state index in [2.05, 4.69) is 17.4 Å². The molecule has 23 heavy (non-hydrogen) atoms. The third-order valence-electron chi connectivity index (χ3n) is 4.26. The van der Waals surface area contributed by atoms with Gasteiger partial charge in [0, 0.05) is 30.4 Å². The number of amides is 1. The molecule has 0 aromatic heterocycles. The predicted octanol–water partition coefficient (Wildman–Crippen LogP) is 3.41. The van der Waals surface area contributed by atoms with Crippen molar-refractivity contribution in [3.8, 4) is 5.75 Å². The molecule has 4 heteroatoms. The van der Waals surface area contributed by atoms with E-state index in [0.717, 1.165) is 42.9 Å². The van der Waals surface area contributed by atoms with Crippen LogP contribution >= 0.6 is 0 Å². The third-order valence-corrected chi connectivity index (χ3v) is 4.26. The van der Waals surface area contributed by atoms with Gasteiger partial charge in [0.2, 0.25) is 0 Å². The minimum absolute atomic E-state index is 0.103. The molecule has 0 bridgehead atoms. The molecule has 0 unspecified atom stereocenters. The number of hydrogen-bond acceptors (Lipinski definition) is 3. The summed E-state index contributed by atoms with van der Waals surface area (Å²) in [6, 6.07) is 18.0. The van der Waals surface area contributed by atoms with Crippen molar-refractivity contribution in [1.82, 2.24) is 4.90 Å². The van der Waals surface area contributed by atoms with E-state index in [4.69, 9.17) is 4.74 Å². The molecule has 3 rings (SSSR count). The van der Waals surface area contributed by atoms with Gasteiger partial charge in [-0.05, 0) is 49.2 Å². The maximum absolute atomic E-state index is 12.5. The fourth-order valence-corrected chi connectivity index (χ4v) is 2.91. The highest BCUT2D eigenvalue weighted by molar-refractivity contribution is 5.94. The molecular formula is C19H22N2O2. The van der Waals surface area contributed by atoms with Crippen LogP contribution in [0.15, 0.2) is 54.6 Å². The second kappa shape index (κ2) is 7.18. The lowest BCUT2D eigenvalue weighted by atomic mass is 10.0. The van der Waals surface area contributed by atoms with Gasteiger partial charge in [-0.1, -0.05) is 18.2 Å². The molecule has 120 valence electrons. The molecule has 0 atom stereocenters. The number of nitrogens with one attached hydrogen (secondary N) is 1. The second-order valence-corrected chi connectivity index (χ2v) is 5.81. The Bertz CT molecular complexity index is 632. The van der Waals surface area contributed by atoms with E-state index in [1.165, 1.54) is 0 Å². The van der Waals surface area contributed by atoms with Crippen molar-refractivity contribution in [1.29, 1.82) is 0 Å². The Hall–Kier alpha value is -2.49. The zero-order chi connectivity index (χ0) is 16.1. The first kappa shape index (κ1) is 15.4. The fourth-order valence-electron chi connectivity index (χ4n) is 2.91. The number of carbonyl (C=O) groups excluding carboxylic acids is 1. The van der Waals surface area contributed by atoms with Gasteiger partial charge in [0.05, 0.1) is 7.11 Å². The van der Waals surface area contributed by atoms with Gasteiger partial charge in [0.1, 0.15) is 5.75 Å². The Morgan fingerprint density at radius 1 is 1.04 bits per heavy atom. The van der Waals surface area contributed by atoms with E-state index >= 15 is 0 Å². The molecule has 0 aliphatic carbocycles. The molecule has 1 fully saturated rings. The summed E-state index contributed by atoms with van der Waals surface area (Å²) in [6.45, 7) is 1.57. The second-order valence-electron chi connectivity index (χ2n) is 5.81. The van der Waals surface area contributed by atoms with E-state index in [-0.39, 0.29) is 5.91 Å². The van der Waals surface area contributed by atoms with Crippen molar-refractivity contribution >= 4 is 11.6 Å². The number of likely N-dealkylation sites (tertiary alicyclic amines) is 1. The summed E-state index contributed by atoms with van der Waals surface area (Å²) in [4.78, 5) is 14.5. The Morgan fingerprint density at radius 3 is 2.30 bits per heavy atom. The number of methoxy groups -OCH3 is 1. The van der Waals surface area contributed by atoms with E-state index in [1.54, 1.807) is 7.11 Å². The first-order valence-electron chi connectivity index (χ1n) is 8.01. The minimum atomic E-state index is 0.103. The molecule has 1 amide bonds. The van der Waals surface area contributed by atoms with Crippen LogP contribution in [-0.4, -0.2) is 37.0 Å². The van der Waals surface area contributed by atoms with Gasteiger partial charge in [-0.15, -0.1) is 0 Å². The van der Waals surface area contributed by atoms with Gasteiger partial charge in [-0.3, -0.25) is 4.79 Å². The Morgan fingerprint density at radius 2 is 1.70 bits per heavy atom. The SMILES string of the molecule is COc1ccc(C(=O)N2CCC(Nc3ccccc3)CC2)cc1. The van der Waals surface area contributed by atoms with Crippen molar-refractivity contribution < 1.29 is 9.53 Å². The molecule has 1 saturated heterocycles. The summed E-state index contributed by atoms with van der Waals surface area (Å²) in [6.07, 6.45) is 1.94. The van der Waals surface area contributed by atoms with E-state index in [1.807, 2.05) is 47.4 Å². The largest absolute Gasteiger partial charge is 0.497 e. The topological polar surface area (TPSA) is 41.6 Å². The van der Waals surface area contributed by atoms with Crippen LogP contribution in [0.5, 0.6) is 5.75 Å². The van der Waals surface area contributed by atoms with Gasteiger partial charge in [0.15, 0.2) is 0 Å². The number of carbonyl (C=O) groups is 1. The molecule has 1 aliphatic heterocycles. The number of nitrogens with zero attached hydrogens (tertiary/aromatic N) is 1. The summed E-state index contributed by atoms with van der Waals surface area (Å²) in [5, 5.41) is 3.54. The van der Waals surface area contributed by atoms with Crippen LogP contribution in [-0.2, 0) is 0 Å². The van der Waals surface area contributed by atoms with Crippen LogP contribution in [0, 0.1) is 0 Å². The number of benzene rings is 2. The zero-order valence-corrected chi connectivity index (χ0v) is 13.4. The average molecular weight is 310 g/mol. The van der Waals surface area contributed by atoms with Crippen LogP contribution in [0.2, 0.25) is 0 Å². The summed E-state index contributed by atoms with van der Waals surface area (Å²) in [5.74, 6) is 0.873. The standard InChI is InChI=1S/C19H22N2O2/c1-23-18-9-7-15(8-10-18)19(22)21-13-11-17(12-14-21)20-16-5-3-2-4-6-16/h2-10,17,20H,11-14H2,1H3. The van der Waals surface area contributed by atoms with Crippen LogP contribution in [0.1, 0.15) is 23.2 Å². The first-order chi connectivity index (χ1) is 11.3. The number of para-hydroxylation sites is 1. The van der Waals surface area contributed by atoms with Gasteiger partial charge in [-0.25, -0.2) is 0 Å². The maximum atomic E-state index is 12.5. The summed E-state index contributed by atoms with van der Waals surface area (Å²) in [7, 11) is 1.63. The predicted molar refractivity (Wildman–Crippen MR) is 92.0 cm³/mol.